The number of fused-ring (bicyclic) bond motifs is 1. The van der Waals surface area contributed by atoms with Crippen LogP contribution in [0.4, 0.5) is 5.69 Å². The number of aromatic nitrogens is 2. The second-order valence-corrected chi connectivity index (χ2v) is 10.7. The Kier molecular flexibility index (Phi) is 6.01. The third-order valence-corrected chi connectivity index (χ3v) is 7.67. The van der Waals surface area contributed by atoms with Gasteiger partial charge >= 0.3 is 0 Å². The summed E-state index contributed by atoms with van der Waals surface area (Å²) in [4.78, 5) is 18.2. The topological polar surface area (TPSA) is 105 Å². The van der Waals surface area contributed by atoms with E-state index in [1.54, 1.807) is 19.1 Å². The van der Waals surface area contributed by atoms with Crippen molar-refractivity contribution in [3.05, 3.63) is 70.4 Å². The molecule has 0 radical (unpaired) electrons. The number of carbonyl (C=O) groups excluding carboxylic acids is 1. The SMILES string of the molecule is Cc1ccc(-c2cc(C(=O)Nc3cc(S(=O)(=O)N(C)C)cc(C)c3C)c3c(C)noc3n2)cc1. The van der Waals surface area contributed by atoms with Crippen LogP contribution in [-0.2, 0) is 10.0 Å². The molecule has 0 unspecified atom stereocenters. The molecule has 0 fully saturated rings. The van der Waals surface area contributed by atoms with Crippen molar-refractivity contribution in [1.82, 2.24) is 14.4 Å². The maximum absolute atomic E-state index is 13.5. The number of aryl methyl sites for hydroxylation is 3. The van der Waals surface area contributed by atoms with Gasteiger partial charge in [-0.3, -0.25) is 4.79 Å². The number of carbonyl (C=O) groups is 1. The molecule has 1 amide bonds. The highest BCUT2D eigenvalue weighted by atomic mass is 32.2. The molecule has 0 saturated carbocycles. The fraction of sp³-hybridized carbons (Fsp3) is 0.240. The van der Waals surface area contributed by atoms with Gasteiger partial charge in [-0.15, -0.1) is 0 Å². The second-order valence-electron chi connectivity index (χ2n) is 8.52. The Hall–Kier alpha value is -3.56. The van der Waals surface area contributed by atoms with Crippen LogP contribution in [0.15, 0.2) is 51.9 Å². The summed E-state index contributed by atoms with van der Waals surface area (Å²) < 4.78 is 31.9. The number of amides is 1. The molecule has 0 saturated heterocycles. The summed E-state index contributed by atoms with van der Waals surface area (Å²) >= 11 is 0. The fourth-order valence-electron chi connectivity index (χ4n) is 3.65. The van der Waals surface area contributed by atoms with Crippen molar-refractivity contribution in [1.29, 1.82) is 0 Å². The van der Waals surface area contributed by atoms with Crippen molar-refractivity contribution in [2.24, 2.45) is 0 Å². The molecule has 0 spiro atoms. The molecule has 0 atom stereocenters. The molecule has 2 aromatic carbocycles. The summed E-state index contributed by atoms with van der Waals surface area (Å²) in [5, 5.41) is 7.40. The van der Waals surface area contributed by atoms with E-state index in [0.717, 1.165) is 26.6 Å². The zero-order chi connectivity index (χ0) is 24.8. The quantitative estimate of drug-likeness (QED) is 0.448. The Morgan fingerprint density at radius 3 is 2.32 bits per heavy atom. The number of sulfonamides is 1. The lowest BCUT2D eigenvalue weighted by Crippen LogP contribution is -2.23. The van der Waals surface area contributed by atoms with Crippen LogP contribution in [-0.4, -0.2) is 42.9 Å². The van der Waals surface area contributed by atoms with Crippen molar-refractivity contribution in [3.8, 4) is 11.3 Å². The molecule has 2 aromatic heterocycles. The molecular weight excluding hydrogens is 452 g/mol. The predicted molar refractivity (Wildman–Crippen MR) is 131 cm³/mol. The molecule has 1 N–H and O–H groups in total. The maximum Gasteiger partial charge on any atom is 0.259 e. The van der Waals surface area contributed by atoms with Crippen LogP contribution >= 0.6 is 0 Å². The lowest BCUT2D eigenvalue weighted by molar-refractivity contribution is 0.102. The first-order valence-corrected chi connectivity index (χ1v) is 12.1. The van der Waals surface area contributed by atoms with Crippen LogP contribution < -0.4 is 5.32 Å². The van der Waals surface area contributed by atoms with Gasteiger partial charge in [0.25, 0.3) is 11.6 Å². The Morgan fingerprint density at radius 1 is 1.00 bits per heavy atom. The van der Waals surface area contributed by atoms with E-state index >= 15 is 0 Å². The first-order valence-electron chi connectivity index (χ1n) is 10.7. The third kappa shape index (κ3) is 4.20. The zero-order valence-electron chi connectivity index (χ0n) is 19.9. The first kappa shape index (κ1) is 23.6. The fourth-order valence-corrected chi connectivity index (χ4v) is 4.67. The Bertz CT molecular complexity index is 1520. The Balaban J connectivity index is 1.82. The minimum atomic E-state index is -3.67. The number of anilines is 1. The molecule has 4 aromatic rings. The summed E-state index contributed by atoms with van der Waals surface area (Å²) in [6, 6.07) is 12.6. The van der Waals surface area contributed by atoms with Crippen LogP contribution in [0.1, 0.15) is 32.7 Å². The zero-order valence-corrected chi connectivity index (χ0v) is 20.7. The average molecular weight is 479 g/mol. The number of benzene rings is 2. The van der Waals surface area contributed by atoms with Gasteiger partial charge in [0, 0.05) is 25.3 Å². The van der Waals surface area contributed by atoms with Gasteiger partial charge in [-0.1, -0.05) is 35.0 Å². The molecule has 0 aliphatic heterocycles. The van der Waals surface area contributed by atoms with E-state index in [-0.39, 0.29) is 10.6 Å². The van der Waals surface area contributed by atoms with E-state index in [0.29, 0.717) is 28.0 Å². The van der Waals surface area contributed by atoms with Crippen LogP contribution in [0.3, 0.4) is 0 Å². The molecule has 0 aliphatic rings. The van der Waals surface area contributed by atoms with Gasteiger partial charge in [0.05, 0.1) is 27.2 Å². The smallest absolute Gasteiger partial charge is 0.259 e. The normalized spacial score (nSPS) is 11.9. The highest BCUT2D eigenvalue weighted by Crippen LogP contribution is 2.30. The van der Waals surface area contributed by atoms with Crippen molar-refractivity contribution < 1.29 is 17.7 Å². The monoisotopic (exact) mass is 478 g/mol. The molecule has 0 aliphatic carbocycles. The van der Waals surface area contributed by atoms with E-state index in [1.807, 2.05) is 45.0 Å². The average Bonchev–Trinajstić information content (AvgIpc) is 3.17. The van der Waals surface area contributed by atoms with Crippen molar-refractivity contribution in [2.45, 2.75) is 32.6 Å². The maximum atomic E-state index is 13.5. The van der Waals surface area contributed by atoms with E-state index in [9.17, 15) is 13.2 Å². The van der Waals surface area contributed by atoms with Gasteiger partial charge in [0.1, 0.15) is 0 Å². The highest BCUT2D eigenvalue weighted by Gasteiger charge is 2.23. The van der Waals surface area contributed by atoms with Crippen LogP contribution in [0.2, 0.25) is 0 Å². The number of rotatable bonds is 5. The lowest BCUT2D eigenvalue weighted by Gasteiger charge is -2.17. The first-order chi connectivity index (χ1) is 16.0. The molecule has 4 rings (SSSR count). The van der Waals surface area contributed by atoms with Crippen LogP contribution in [0.5, 0.6) is 0 Å². The molecule has 176 valence electrons. The second kappa shape index (κ2) is 8.66. The summed E-state index contributed by atoms with van der Waals surface area (Å²) in [7, 11) is -0.731. The van der Waals surface area contributed by atoms with E-state index in [1.165, 1.54) is 20.2 Å². The third-order valence-electron chi connectivity index (χ3n) is 5.88. The van der Waals surface area contributed by atoms with Gasteiger partial charge in [-0.05, 0) is 57.0 Å². The molecule has 2 heterocycles. The number of nitrogens with one attached hydrogen (secondary N) is 1. The van der Waals surface area contributed by atoms with Gasteiger partial charge < -0.3 is 9.84 Å². The van der Waals surface area contributed by atoms with Crippen LogP contribution in [0.25, 0.3) is 22.4 Å². The predicted octanol–water partition coefficient (Wildman–Crippen LogP) is 4.63. The standard InChI is InChI=1S/C25H26N4O4S/c1-14-7-9-18(10-8-14)22-13-20(23-17(4)28-33-25(23)27-22)24(30)26-21-12-19(11-15(2)16(21)3)34(31,32)29(5)6/h7-13H,1-6H3,(H,26,30). The minimum Gasteiger partial charge on any atom is -0.335 e. The van der Waals surface area contributed by atoms with E-state index in [2.05, 4.69) is 15.5 Å². The lowest BCUT2D eigenvalue weighted by atomic mass is 10.0. The number of hydrogen-bond acceptors (Lipinski definition) is 6. The number of pyridine rings is 1. The number of nitrogens with zero attached hydrogens (tertiary/aromatic N) is 3. The van der Waals surface area contributed by atoms with Gasteiger partial charge in [-0.25, -0.2) is 17.7 Å². The summed E-state index contributed by atoms with van der Waals surface area (Å²) in [6.45, 7) is 7.38. The van der Waals surface area contributed by atoms with Crippen LogP contribution in [0, 0.1) is 27.7 Å². The van der Waals surface area contributed by atoms with Gasteiger partial charge in [0.15, 0.2) is 0 Å². The summed E-state index contributed by atoms with van der Waals surface area (Å²) in [5.41, 5.74) is 5.61. The molecule has 8 nitrogen and oxygen atoms in total. The molecule has 0 bridgehead atoms. The summed E-state index contributed by atoms with van der Waals surface area (Å²) in [6.07, 6.45) is 0. The summed E-state index contributed by atoms with van der Waals surface area (Å²) in [5.74, 6) is -0.408. The van der Waals surface area contributed by atoms with E-state index < -0.39 is 15.9 Å². The van der Waals surface area contributed by atoms with Crippen molar-refractivity contribution in [2.75, 3.05) is 19.4 Å². The highest BCUT2D eigenvalue weighted by molar-refractivity contribution is 7.89. The molecular formula is C25H26N4O4S. The Morgan fingerprint density at radius 2 is 1.68 bits per heavy atom. The number of hydrogen-bond donors (Lipinski definition) is 1. The Labute approximate surface area is 198 Å². The van der Waals surface area contributed by atoms with Gasteiger partial charge in [-0.2, -0.15) is 0 Å². The van der Waals surface area contributed by atoms with Gasteiger partial charge in [0.2, 0.25) is 10.0 Å². The van der Waals surface area contributed by atoms with Crippen molar-refractivity contribution >= 4 is 32.7 Å². The molecule has 34 heavy (non-hydrogen) atoms. The minimum absolute atomic E-state index is 0.109. The largest absolute Gasteiger partial charge is 0.335 e. The van der Waals surface area contributed by atoms with E-state index in [4.69, 9.17) is 4.52 Å². The van der Waals surface area contributed by atoms with Crippen molar-refractivity contribution in [3.63, 3.8) is 0 Å². The molecule has 9 heteroatoms.